The second kappa shape index (κ2) is 5.95. The molecule has 0 radical (unpaired) electrons. The quantitative estimate of drug-likeness (QED) is 0.887. The molecule has 106 valence electrons. The first kappa shape index (κ1) is 13.6. The minimum atomic E-state index is -0.105. The zero-order valence-corrected chi connectivity index (χ0v) is 12.2. The van der Waals surface area contributed by atoms with E-state index < -0.39 is 0 Å². The van der Waals surface area contributed by atoms with Crippen LogP contribution in [0.2, 0.25) is 0 Å². The number of aliphatic hydroxyl groups excluding tert-OH is 1. The van der Waals surface area contributed by atoms with E-state index >= 15 is 0 Å². The predicted octanol–water partition coefficient (Wildman–Crippen LogP) is 2.76. The Balaban J connectivity index is 1.80. The highest BCUT2D eigenvalue weighted by Crippen LogP contribution is 2.31. The summed E-state index contributed by atoms with van der Waals surface area (Å²) in [6, 6.07) is 12.5. The van der Waals surface area contributed by atoms with Crippen LogP contribution in [0.3, 0.4) is 0 Å². The Labute approximate surface area is 123 Å². The molecule has 0 amide bonds. The highest BCUT2D eigenvalue weighted by molar-refractivity contribution is 7.07. The van der Waals surface area contributed by atoms with E-state index in [4.69, 9.17) is 4.74 Å². The fourth-order valence-corrected chi connectivity index (χ4v) is 3.17. The number of rotatable bonds is 6. The molecule has 2 heterocycles. The summed E-state index contributed by atoms with van der Waals surface area (Å²) in [5, 5.41) is 13.9. The number of thiophene rings is 1. The molecule has 0 unspecified atom stereocenters. The highest BCUT2D eigenvalue weighted by atomic mass is 32.1. The summed E-state index contributed by atoms with van der Waals surface area (Å²) in [5.41, 5.74) is 2.40. The molecule has 1 saturated heterocycles. The third-order valence-electron chi connectivity index (χ3n) is 3.75. The summed E-state index contributed by atoms with van der Waals surface area (Å²) in [5.74, 6) is 0. The van der Waals surface area contributed by atoms with Gasteiger partial charge in [0.2, 0.25) is 0 Å². The van der Waals surface area contributed by atoms with Gasteiger partial charge in [-0.3, -0.25) is 0 Å². The molecular weight excluding hydrogens is 270 g/mol. The number of benzene rings is 1. The molecule has 4 heteroatoms. The first-order valence-corrected chi connectivity index (χ1v) is 7.75. The summed E-state index contributed by atoms with van der Waals surface area (Å²) in [4.78, 5) is 2.33. The zero-order chi connectivity index (χ0) is 13.8. The lowest BCUT2D eigenvalue weighted by Crippen LogP contribution is -2.53. The van der Waals surface area contributed by atoms with E-state index in [0.29, 0.717) is 13.2 Å². The van der Waals surface area contributed by atoms with Crippen LogP contribution < -0.4 is 4.90 Å². The first-order chi connectivity index (χ1) is 9.81. The van der Waals surface area contributed by atoms with E-state index in [2.05, 4.69) is 46.0 Å². The van der Waals surface area contributed by atoms with Gasteiger partial charge in [0.25, 0.3) is 0 Å². The summed E-state index contributed by atoms with van der Waals surface area (Å²) in [6.45, 7) is 3.17. The maximum Gasteiger partial charge on any atom is 0.0584 e. The molecule has 1 aromatic carbocycles. The molecule has 0 spiro atoms. The van der Waals surface area contributed by atoms with Crippen molar-refractivity contribution in [1.82, 2.24) is 0 Å². The van der Waals surface area contributed by atoms with Crippen LogP contribution in [0, 0.1) is 5.41 Å². The van der Waals surface area contributed by atoms with Crippen LogP contribution in [0.15, 0.2) is 47.2 Å². The molecule has 1 N–H and O–H groups in total. The van der Waals surface area contributed by atoms with Crippen LogP contribution in [0.4, 0.5) is 5.69 Å². The number of para-hydroxylation sites is 1. The van der Waals surface area contributed by atoms with Crippen molar-refractivity contribution >= 4 is 17.0 Å². The fraction of sp³-hybridized carbons (Fsp3) is 0.375. The normalized spacial score (nSPS) is 16.6. The van der Waals surface area contributed by atoms with Crippen molar-refractivity contribution in [2.45, 2.75) is 6.54 Å². The van der Waals surface area contributed by atoms with Gasteiger partial charge in [-0.05, 0) is 34.5 Å². The Bertz CT molecular complexity index is 517. The molecule has 0 aliphatic carbocycles. The smallest absolute Gasteiger partial charge is 0.0584 e. The zero-order valence-electron chi connectivity index (χ0n) is 11.4. The molecule has 2 aromatic rings. The Hall–Kier alpha value is -1.36. The number of aliphatic hydroxyl groups is 1. The van der Waals surface area contributed by atoms with Crippen LogP contribution >= 0.6 is 11.3 Å². The van der Waals surface area contributed by atoms with Crippen molar-refractivity contribution in [1.29, 1.82) is 0 Å². The second-order valence-corrected chi connectivity index (χ2v) is 6.25. The van der Waals surface area contributed by atoms with Crippen molar-refractivity contribution < 1.29 is 9.84 Å². The molecule has 3 nitrogen and oxygen atoms in total. The lowest BCUT2D eigenvalue weighted by atomic mass is 9.86. The van der Waals surface area contributed by atoms with Gasteiger partial charge >= 0.3 is 0 Å². The molecule has 20 heavy (non-hydrogen) atoms. The second-order valence-electron chi connectivity index (χ2n) is 5.47. The van der Waals surface area contributed by atoms with Crippen LogP contribution in [0.1, 0.15) is 5.56 Å². The van der Waals surface area contributed by atoms with Gasteiger partial charge in [0.1, 0.15) is 0 Å². The third-order valence-corrected chi connectivity index (χ3v) is 4.49. The number of hydrogen-bond acceptors (Lipinski definition) is 4. The third kappa shape index (κ3) is 2.87. The maximum absolute atomic E-state index is 9.65. The topological polar surface area (TPSA) is 32.7 Å². The molecular formula is C16H19NO2S. The van der Waals surface area contributed by atoms with Gasteiger partial charge in [-0.2, -0.15) is 11.3 Å². The number of hydrogen-bond donors (Lipinski definition) is 1. The first-order valence-electron chi connectivity index (χ1n) is 6.81. The summed E-state index contributed by atoms with van der Waals surface area (Å²) >= 11 is 1.72. The SMILES string of the molecule is OCC1(CN(Cc2ccsc2)c2ccccc2)COC1. The molecule has 1 aliphatic heterocycles. The average molecular weight is 289 g/mol. The number of nitrogens with zero attached hydrogens (tertiary/aromatic N) is 1. The van der Waals surface area contributed by atoms with Crippen molar-refractivity contribution in [2.75, 3.05) is 31.3 Å². The standard InChI is InChI=1S/C16H19NO2S/c18-11-16(12-19-13-16)10-17(8-14-6-7-20-9-14)15-4-2-1-3-5-15/h1-7,9,18H,8,10-13H2. The van der Waals surface area contributed by atoms with Gasteiger partial charge in [0, 0.05) is 18.8 Å². The van der Waals surface area contributed by atoms with Crippen LogP contribution in [-0.4, -0.2) is 31.5 Å². The van der Waals surface area contributed by atoms with E-state index in [9.17, 15) is 5.11 Å². The van der Waals surface area contributed by atoms with Gasteiger partial charge in [-0.1, -0.05) is 18.2 Å². The van der Waals surface area contributed by atoms with E-state index in [1.54, 1.807) is 11.3 Å². The number of ether oxygens (including phenoxy) is 1. The molecule has 1 aromatic heterocycles. The monoisotopic (exact) mass is 289 g/mol. The lowest BCUT2D eigenvalue weighted by Gasteiger charge is -2.44. The van der Waals surface area contributed by atoms with Crippen LogP contribution in [0.25, 0.3) is 0 Å². The van der Waals surface area contributed by atoms with Gasteiger partial charge in [-0.25, -0.2) is 0 Å². The van der Waals surface area contributed by atoms with Gasteiger partial charge in [0.05, 0.1) is 25.2 Å². The molecule has 0 atom stereocenters. The number of anilines is 1. The van der Waals surface area contributed by atoms with E-state index in [-0.39, 0.29) is 12.0 Å². The van der Waals surface area contributed by atoms with Crippen LogP contribution in [0.5, 0.6) is 0 Å². The van der Waals surface area contributed by atoms with E-state index in [0.717, 1.165) is 13.1 Å². The molecule has 0 saturated carbocycles. The largest absolute Gasteiger partial charge is 0.396 e. The van der Waals surface area contributed by atoms with Crippen molar-refractivity contribution in [2.24, 2.45) is 5.41 Å². The minimum Gasteiger partial charge on any atom is -0.396 e. The molecule has 3 rings (SSSR count). The Morgan fingerprint density at radius 1 is 1.20 bits per heavy atom. The summed E-state index contributed by atoms with van der Waals surface area (Å²) in [7, 11) is 0. The van der Waals surface area contributed by atoms with Gasteiger partial charge in [-0.15, -0.1) is 0 Å². The Morgan fingerprint density at radius 2 is 2.00 bits per heavy atom. The molecule has 1 aliphatic rings. The summed E-state index contributed by atoms with van der Waals surface area (Å²) in [6.07, 6.45) is 0. The Kier molecular flexibility index (Phi) is 4.05. The van der Waals surface area contributed by atoms with Crippen molar-refractivity contribution in [3.05, 3.63) is 52.7 Å². The molecule has 0 bridgehead atoms. The van der Waals surface area contributed by atoms with E-state index in [1.165, 1.54) is 11.3 Å². The van der Waals surface area contributed by atoms with Crippen molar-refractivity contribution in [3.63, 3.8) is 0 Å². The lowest BCUT2D eigenvalue weighted by molar-refractivity contribution is -0.131. The average Bonchev–Trinajstić information content (AvgIpc) is 2.95. The minimum absolute atomic E-state index is 0.105. The maximum atomic E-state index is 9.65. The molecule has 1 fully saturated rings. The van der Waals surface area contributed by atoms with E-state index in [1.807, 2.05) is 6.07 Å². The Morgan fingerprint density at radius 3 is 2.55 bits per heavy atom. The summed E-state index contributed by atoms with van der Waals surface area (Å²) < 4.78 is 5.32. The van der Waals surface area contributed by atoms with Crippen molar-refractivity contribution in [3.8, 4) is 0 Å². The van der Waals surface area contributed by atoms with Gasteiger partial charge < -0.3 is 14.7 Å². The predicted molar refractivity (Wildman–Crippen MR) is 82.1 cm³/mol. The fourth-order valence-electron chi connectivity index (χ4n) is 2.51. The highest BCUT2D eigenvalue weighted by Gasteiger charge is 2.39. The van der Waals surface area contributed by atoms with Crippen LogP contribution in [-0.2, 0) is 11.3 Å². The van der Waals surface area contributed by atoms with Gasteiger partial charge in [0.15, 0.2) is 0 Å².